The van der Waals surface area contributed by atoms with Crippen LogP contribution in [0.1, 0.15) is 49.3 Å². The van der Waals surface area contributed by atoms with Crippen LogP contribution in [0.25, 0.3) is 0 Å². The molecule has 1 amide bonds. The number of nitrogen functional groups attached to an aromatic ring is 1. The Morgan fingerprint density at radius 3 is 2.80 bits per heavy atom. The SMILES string of the molecule is CCOC(=O)C1CCCCN1C(=O)C1CCc2cc(C)c(N)cc2C1. The number of benzene rings is 1. The second-order valence-electron chi connectivity index (χ2n) is 7.21. The molecule has 0 bridgehead atoms. The van der Waals surface area contributed by atoms with Gasteiger partial charge in [-0.2, -0.15) is 0 Å². The first-order chi connectivity index (χ1) is 12.0. The van der Waals surface area contributed by atoms with E-state index in [1.165, 1.54) is 11.1 Å². The first-order valence-electron chi connectivity index (χ1n) is 9.36. The van der Waals surface area contributed by atoms with Crippen LogP contribution in [0.3, 0.4) is 0 Å². The van der Waals surface area contributed by atoms with Gasteiger partial charge in [-0.15, -0.1) is 0 Å². The Labute approximate surface area is 149 Å². The van der Waals surface area contributed by atoms with Crippen molar-refractivity contribution < 1.29 is 14.3 Å². The van der Waals surface area contributed by atoms with Crippen molar-refractivity contribution in [3.63, 3.8) is 0 Å². The van der Waals surface area contributed by atoms with Crippen LogP contribution in [0, 0.1) is 12.8 Å². The average molecular weight is 344 g/mol. The van der Waals surface area contributed by atoms with Gasteiger partial charge in [0.05, 0.1) is 6.61 Å². The number of aryl methyl sites for hydroxylation is 2. The van der Waals surface area contributed by atoms with Gasteiger partial charge in [-0.3, -0.25) is 4.79 Å². The molecule has 1 heterocycles. The molecule has 2 N–H and O–H groups in total. The van der Waals surface area contributed by atoms with Crippen LogP contribution in [0.4, 0.5) is 5.69 Å². The normalized spacial score (nSPS) is 23.0. The van der Waals surface area contributed by atoms with E-state index in [9.17, 15) is 9.59 Å². The number of ether oxygens (including phenoxy) is 1. The summed E-state index contributed by atoms with van der Waals surface area (Å²) in [5, 5.41) is 0. The Bertz CT molecular complexity index is 671. The number of anilines is 1. The minimum atomic E-state index is -0.411. The monoisotopic (exact) mass is 344 g/mol. The lowest BCUT2D eigenvalue weighted by Crippen LogP contribution is -2.51. The highest BCUT2D eigenvalue weighted by Crippen LogP contribution is 2.31. The van der Waals surface area contributed by atoms with Gasteiger partial charge < -0.3 is 15.4 Å². The summed E-state index contributed by atoms with van der Waals surface area (Å²) in [6.07, 6.45) is 5.07. The van der Waals surface area contributed by atoms with Crippen LogP contribution in [0.2, 0.25) is 0 Å². The molecule has 3 rings (SSSR count). The Morgan fingerprint density at radius 1 is 1.24 bits per heavy atom. The summed E-state index contributed by atoms with van der Waals surface area (Å²) in [5.74, 6) is -0.223. The first kappa shape index (κ1) is 17.8. The molecule has 1 fully saturated rings. The number of carbonyl (C=O) groups excluding carboxylic acids is 2. The molecule has 2 aliphatic rings. The molecule has 5 nitrogen and oxygen atoms in total. The van der Waals surface area contributed by atoms with E-state index in [0.29, 0.717) is 26.0 Å². The van der Waals surface area contributed by atoms with Crippen LogP contribution in [-0.2, 0) is 27.2 Å². The number of rotatable bonds is 3. The van der Waals surface area contributed by atoms with Crippen LogP contribution in [0.5, 0.6) is 0 Å². The highest BCUT2D eigenvalue weighted by molar-refractivity contribution is 5.86. The minimum absolute atomic E-state index is 0.0652. The molecule has 1 saturated heterocycles. The second kappa shape index (κ2) is 7.46. The largest absolute Gasteiger partial charge is 0.464 e. The molecule has 25 heavy (non-hydrogen) atoms. The summed E-state index contributed by atoms with van der Waals surface area (Å²) >= 11 is 0. The van der Waals surface area contributed by atoms with Crippen molar-refractivity contribution in [1.82, 2.24) is 4.90 Å². The molecular weight excluding hydrogens is 316 g/mol. The standard InChI is InChI=1S/C20H28N2O3/c1-3-25-20(24)18-6-4-5-9-22(18)19(23)15-8-7-14-10-13(2)17(21)12-16(14)11-15/h10,12,15,18H,3-9,11,21H2,1-2H3. The van der Waals surface area contributed by atoms with Crippen molar-refractivity contribution in [2.75, 3.05) is 18.9 Å². The third kappa shape index (κ3) is 3.65. The van der Waals surface area contributed by atoms with Gasteiger partial charge in [0.15, 0.2) is 0 Å². The van der Waals surface area contributed by atoms with Gasteiger partial charge in [0.25, 0.3) is 0 Å². The molecule has 1 aromatic rings. The van der Waals surface area contributed by atoms with E-state index in [-0.39, 0.29) is 17.8 Å². The van der Waals surface area contributed by atoms with E-state index < -0.39 is 6.04 Å². The topological polar surface area (TPSA) is 72.6 Å². The molecule has 0 saturated carbocycles. The third-order valence-electron chi connectivity index (χ3n) is 5.51. The Hall–Kier alpha value is -2.04. The second-order valence-corrected chi connectivity index (χ2v) is 7.21. The number of amides is 1. The van der Waals surface area contributed by atoms with Crippen molar-refractivity contribution in [1.29, 1.82) is 0 Å². The number of nitrogens with zero attached hydrogens (tertiary/aromatic N) is 1. The quantitative estimate of drug-likeness (QED) is 0.676. The van der Waals surface area contributed by atoms with Gasteiger partial charge in [-0.25, -0.2) is 4.79 Å². The van der Waals surface area contributed by atoms with E-state index >= 15 is 0 Å². The number of esters is 1. The Morgan fingerprint density at radius 2 is 2.04 bits per heavy atom. The zero-order chi connectivity index (χ0) is 18.0. The number of hydrogen-bond acceptors (Lipinski definition) is 4. The fourth-order valence-electron chi connectivity index (χ4n) is 4.08. The van der Waals surface area contributed by atoms with Gasteiger partial charge in [0.2, 0.25) is 5.91 Å². The molecule has 2 unspecified atom stereocenters. The maximum Gasteiger partial charge on any atom is 0.328 e. The number of fused-ring (bicyclic) bond motifs is 1. The van der Waals surface area contributed by atoms with Gasteiger partial charge in [0.1, 0.15) is 6.04 Å². The number of hydrogen-bond donors (Lipinski definition) is 1. The van der Waals surface area contributed by atoms with E-state index in [0.717, 1.165) is 36.9 Å². The smallest absolute Gasteiger partial charge is 0.328 e. The predicted molar refractivity (Wildman–Crippen MR) is 97.1 cm³/mol. The van der Waals surface area contributed by atoms with E-state index in [2.05, 4.69) is 6.07 Å². The molecule has 0 spiro atoms. The molecule has 0 aromatic heterocycles. The molecule has 5 heteroatoms. The van der Waals surface area contributed by atoms with Crippen molar-refractivity contribution >= 4 is 17.6 Å². The van der Waals surface area contributed by atoms with Crippen LogP contribution in [-0.4, -0.2) is 36.0 Å². The summed E-state index contributed by atoms with van der Waals surface area (Å²) in [6, 6.07) is 3.75. The lowest BCUT2D eigenvalue weighted by Gasteiger charge is -2.37. The highest BCUT2D eigenvalue weighted by atomic mass is 16.5. The number of carbonyl (C=O) groups is 2. The van der Waals surface area contributed by atoms with Crippen LogP contribution in [0.15, 0.2) is 12.1 Å². The fraction of sp³-hybridized carbons (Fsp3) is 0.600. The molecular formula is C20H28N2O3. The summed E-state index contributed by atoms with van der Waals surface area (Å²) in [6.45, 7) is 4.83. The number of piperidine rings is 1. The van der Waals surface area contributed by atoms with Gasteiger partial charge in [-0.05, 0) is 75.1 Å². The maximum absolute atomic E-state index is 13.1. The van der Waals surface area contributed by atoms with Gasteiger partial charge in [-0.1, -0.05) is 6.07 Å². The molecule has 1 aliphatic heterocycles. The average Bonchev–Trinajstić information content (AvgIpc) is 2.62. The van der Waals surface area contributed by atoms with E-state index in [1.807, 2.05) is 13.0 Å². The van der Waals surface area contributed by atoms with Gasteiger partial charge >= 0.3 is 5.97 Å². The van der Waals surface area contributed by atoms with Gasteiger partial charge in [0, 0.05) is 18.2 Å². The lowest BCUT2D eigenvalue weighted by atomic mass is 9.81. The summed E-state index contributed by atoms with van der Waals surface area (Å²) < 4.78 is 5.18. The van der Waals surface area contributed by atoms with Crippen molar-refractivity contribution in [2.45, 2.75) is 58.4 Å². The Kier molecular flexibility index (Phi) is 5.30. The minimum Gasteiger partial charge on any atom is -0.464 e. The van der Waals surface area contributed by atoms with Crippen molar-refractivity contribution in [3.8, 4) is 0 Å². The first-order valence-corrected chi connectivity index (χ1v) is 9.36. The van der Waals surface area contributed by atoms with Crippen molar-refractivity contribution in [2.24, 2.45) is 5.92 Å². The predicted octanol–water partition coefficient (Wildman–Crippen LogP) is 2.63. The van der Waals surface area contributed by atoms with E-state index in [1.54, 1.807) is 11.8 Å². The number of nitrogens with two attached hydrogens (primary N) is 1. The molecule has 2 atom stereocenters. The maximum atomic E-state index is 13.1. The fourth-order valence-corrected chi connectivity index (χ4v) is 4.08. The zero-order valence-electron chi connectivity index (χ0n) is 15.2. The molecule has 0 radical (unpaired) electrons. The molecule has 1 aliphatic carbocycles. The lowest BCUT2D eigenvalue weighted by molar-refractivity contribution is -0.158. The molecule has 1 aromatic carbocycles. The number of likely N-dealkylation sites (tertiary alicyclic amines) is 1. The van der Waals surface area contributed by atoms with Crippen LogP contribution >= 0.6 is 0 Å². The summed E-state index contributed by atoms with van der Waals surface area (Å²) in [4.78, 5) is 27.1. The third-order valence-corrected chi connectivity index (χ3v) is 5.51. The van der Waals surface area contributed by atoms with Crippen molar-refractivity contribution in [3.05, 3.63) is 28.8 Å². The summed E-state index contributed by atoms with van der Waals surface area (Å²) in [5.41, 5.74) is 10.4. The Balaban J connectivity index is 1.75. The summed E-state index contributed by atoms with van der Waals surface area (Å²) in [7, 11) is 0. The highest BCUT2D eigenvalue weighted by Gasteiger charge is 2.37. The van der Waals surface area contributed by atoms with E-state index in [4.69, 9.17) is 10.5 Å². The zero-order valence-corrected chi connectivity index (χ0v) is 15.2. The molecule has 136 valence electrons. The van der Waals surface area contributed by atoms with Crippen LogP contribution < -0.4 is 5.73 Å².